The van der Waals surface area contributed by atoms with Gasteiger partial charge in [0.2, 0.25) is 0 Å². The minimum Gasteiger partial charge on any atom is -0.369 e. The molecule has 2 aromatic rings. The van der Waals surface area contributed by atoms with Gasteiger partial charge in [0.05, 0.1) is 22.0 Å². The van der Waals surface area contributed by atoms with E-state index in [2.05, 4.69) is 20.5 Å². The molecule has 1 aromatic heterocycles. The molecule has 7 heteroatoms. The van der Waals surface area contributed by atoms with Crippen LogP contribution in [0.25, 0.3) is 0 Å². The Balaban J connectivity index is 1.43. The molecule has 1 aliphatic heterocycles. The Morgan fingerprint density at radius 1 is 0.967 bits per heavy atom. The molecule has 2 heterocycles. The molecule has 2 N–H and O–H groups in total. The first-order valence-electron chi connectivity index (χ1n) is 10.7. The average molecular weight is 427 g/mol. The van der Waals surface area contributed by atoms with Crippen molar-refractivity contribution in [2.45, 2.75) is 51.0 Å². The number of nitrogens with one attached hydrogen (secondary N) is 2. The van der Waals surface area contributed by atoms with Gasteiger partial charge in [-0.1, -0.05) is 36.9 Å². The van der Waals surface area contributed by atoms with Crippen LogP contribution in [0.15, 0.2) is 36.5 Å². The third kappa shape index (κ3) is 4.75. The van der Waals surface area contributed by atoms with Gasteiger partial charge in [-0.25, -0.2) is 0 Å². The number of anilines is 2. The molecule has 158 valence electrons. The summed E-state index contributed by atoms with van der Waals surface area (Å²) in [5, 5.41) is 6.62. The Hall–Kier alpha value is -2.60. The molecule has 30 heavy (non-hydrogen) atoms. The molecular weight excluding hydrogens is 400 g/mol. The maximum absolute atomic E-state index is 12.8. The molecular formula is C23H27ClN4O2. The molecule has 1 saturated carbocycles. The summed E-state index contributed by atoms with van der Waals surface area (Å²) in [6, 6.07) is 8.99. The number of pyridine rings is 1. The van der Waals surface area contributed by atoms with Crippen molar-refractivity contribution in [2.24, 2.45) is 0 Å². The molecule has 2 fully saturated rings. The van der Waals surface area contributed by atoms with E-state index in [1.54, 1.807) is 12.1 Å². The van der Waals surface area contributed by atoms with Gasteiger partial charge in [-0.15, -0.1) is 0 Å². The van der Waals surface area contributed by atoms with E-state index in [1.807, 2.05) is 18.2 Å². The van der Waals surface area contributed by atoms with Gasteiger partial charge >= 0.3 is 0 Å². The summed E-state index contributed by atoms with van der Waals surface area (Å²) in [4.78, 5) is 31.6. The number of benzene rings is 1. The van der Waals surface area contributed by atoms with Crippen LogP contribution in [0.4, 0.5) is 11.4 Å². The van der Waals surface area contributed by atoms with Crippen molar-refractivity contribution in [3.05, 3.63) is 52.8 Å². The second-order valence-corrected chi connectivity index (χ2v) is 8.43. The van der Waals surface area contributed by atoms with E-state index >= 15 is 0 Å². The number of para-hydroxylation sites is 1. The summed E-state index contributed by atoms with van der Waals surface area (Å²) in [6.07, 6.45) is 9.30. The summed E-state index contributed by atoms with van der Waals surface area (Å²) in [5.74, 6) is -0.454. The molecule has 0 spiro atoms. The van der Waals surface area contributed by atoms with Gasteiger partial charge < -0.3 is 15.5 Å². The maximum Gasteiger partial charge on any atom is 0.274 e. The summed E-state index contributed by atoms with van der Waals surface area (Å²) >= 11 is 6.42. The highest BCUT2D eigenvalue weighted by Crippen LogP contribution is 2.36. The lowest BCUT2D eigenvalue weighted by Gasteiger charge is -2.23. The second-order valence-electron chi connectivity index (χ2n) is 8.02. The Labute approximate surface area is 182 Å². The van der Waals surface area contributed by atoms with E-state index in [0.717, 1.165) is 57.3 Å². The van der Waals surface area contributed by atoms with Crippen molar-refractivity contribution in [3.63, 3.8) is 0 Å². The Bertz CT molecular complexity index is 904. The number of amides is 2. The van der Waals surface area contributed by atoms with E-state index in [-0.39, 0.29) is 23.6 Å². The SMILES string of the molecule is O=C(NC1CCCCC1)c1ccc(C(=O)Nc2cccc(Cl)c2N2CCCC2)nc1. The van der Waals surface area contributed by atoms with Gasteiger partial charge in [0.1, 0.15) is 5.69 Å². The first-order valence-corrected chi connectivity index (χ1v) is 11.1. The molecule has 0 bridgehead atoms. The zero-order chi connectivity index (χ0) is 20.9. The third-order valence-corrected chi connectivity index (χ3v) is 6.16. The molecule has 0 unspecified atom stereocenters. The number of carbonyl (C=O) groups is 2. The van der Waals surface area contributed by atoms with Crippen molar-refractivity contribution in [3.8, 4) is 0 Å². The average Bonchev–Trinajstić information content (AvgIpc) is 3.29. The fourth-order valence-corrected chi connectivity index (χ4v) is 4.54. The zero-order valence-corrected chi connectivity index (χ0v) is 17.8. The largest absolute Gasteiger partial charge is 0.369 e. The van der Waals surface area contributed by atoms with Gasteiger partial charge in [-0.3, -0.25) is 14.6 Å². The summed E-state index contributed by atoms with van der Waals surface area (Å²) in [5.41, 5.74) is 2.26. The minimum absolute atomic E-state index is 0.132. The lowest BCUT2D eigenvalue weighted by atomic mass is 9.95. The smallest absolute Gasteiger partial charge is 0.274 e. The van der Waals surface area contributed by atoms with Gasteiger partial charge in [0.25, 0.3) is 11.8 Å². The maximum atomic E-state index is 12.8. The van der Waals surface area contributed by atoms with E-state index in [9.17, 15) is 9.59 Å². The topological polar surface area (TPSA) is 74.3 Å². The van der Waals surface area contributed by atoms with Crippen molar-refractivity contribution in [1.82, 2.24) is 10.3 Å². The van der Waals surface area contributed by atoms with E-state index in [4.69, 9.17) is 11.6 Å². The van der Waals surface area contributed by atoms with Crippen LogP contribution in [0.2, 0.25) is 5.02 Å². The number of aromatic nitrogens is 1. The van der Waals surface area contributed by atoms with Gasteiger partial charge in [-0.2, -0.15) is 0 Å². The van der Waals surface area contributed by atoms with Crippen LogP contribution >= 0.6 is 11.6 Å². The Morgan fingerprint density at radius 2 is 1.73 bits per heavy atom. The number of hydrogen-bond acceptors (Lipinski definition) is 4. The fourth-order valence-electron chi connectivity index (χ4n) is 4.24. The van der Waals surface area contributed by atoms with E-state index < -0.39 is 0 Å². The Kier molecular flexibility index (Phi) is 6.53. The Morgan fingerprint density at radius 3 is 2.43 bits per heavy atom. The zero-order valence-electron chi connectivity index (χ0n) is 17.0. The van der Waals surface area contributed by atoms with E-state index in [0.29, 0.717) is 16.3 Å². The molecule has 2 aliphatic rings. The molecule has 0 radical (unpaired) electrons. The number of rotatable bonds is 5. The number of hydrogen-bond donors (Lipinski definition) is 2. The van der Waals surface area contributed by atoms with Crippen molar-refractivity contribution in [1.29, 1.82) is 0 Å². The highest BCUT2D eigenvalue weighted by atomic mass is 35.5. The fraction of sp³-hybridized carbons (Fsp3) is 0.435. The first-order chi connectivity index (χ1) is 14.6. The van der Waals surface area contributed by atoms with Crippen LogP contribution in [0, 0.1) is 0 Å². The van der Waals surface area contributed by atoms with Crippen molar-refractivity contribution in [2.75, 3.05) is 23.3 Å². The molecule has 1 saturated heterocycles. The second kappa shape index (κ2) is 9.47. The number of nitrogens with zero attached hydrogens (tertiary/aromatic N) is 2. The van der Waals surface area contributed by atoms with Gasteiger partial charge in [0, 0.05) is 25.3 Å². The van der Waals surface area contributed by atoms with Crippen LogP contribution < -0.4 is 15.5 Å². The normalized spacial score (nSPS) is 17.0. The molecule has 0 atom stereocenters. The summed E-state index contributed by atoms with van der Waals surface area (Å²) in [6.45, 7) is 1.85. The van der Waals surface area contributed by atoms with Crippen molar-refractivity contribution >= 4 is 34.8 Å². The quantitative estimate of drug-likeness (QED) is 0.729. The monoisotopic (exact) mass is 426 g/mol. The lowest BCUT2D eigenvalue weighted by molar-refractivity contribution is 0.0925. The summed E-state index contributed by atoms with van der Waals surface area (Å²) in [7, 11) is 0. The number of carbonyl (C=O) groups excluding carboxylic acids is 2. The predicted octanol–water partition coefficient (Wildman–Crippen LogP) is 4.65. The van der Waals surface area contributed by atoms with Crippen LogP contribution in [0.5, 0.6) is 0 Å². The van der Waals surface area contributed by atoms with Crippen LogP contribution in [-0.4, -0.2) is 35.9 Å². The molecule has 1 aliphatic carbocycles. The van der Waals surface area contributed by atoms with E-state index in [1.165, 1.54) is 12.6 Å². The van der Waals surface area contributed by atoms with Crippen LogP contribution in [-0.2, 0) is 0 Å². The predicted molar refractivity (Wildman–Crippen MR) is 119 cm³/mol. The van der Waals surface area contributed by atoms with Crippen molar-refractivity contribution < 1.29 is 9.59 Å². The summed E-state index contributed by atoms with van der Waals surface area (Å²) < 4.78 is 0. The van der Waals surface area contributed by atoms with Crippen LogP contribution in [0.1, 0.15) is 65.8 Å². The minimum atomic E-state index is -0.322. The molecule has 4 rings (SSSR count). The van der Waals surface area contributed by atoms with Gasteiger partial charge in [0.15, 0.2) is 0 Å². The molecule has 6 nitrogen and oxygen atoms in total. The number of halogens is 1. The standard InChI is InChI=1S/C23H27ClN4O2/c24-18-9-6-10-19(21(18)28-13-4-5-14-28)27-23(30)20-12-11-16(15-25-20)22(29)26-17-7-2-1-3-8-17/h6,9-12,15,17H,1-5,7-8,13-14H2,(H,26,29)(H,27,30). The van der Waals surface area contributed by atoms with Crippen LogP contribution in [0.3, 0.4) is 0 Å². The highest BCUT2D eigenvalue weighted by Gasteiger charge is 2.21. The first kappa shape index (κ1) is 20.7. The molecule has 1 aromatic carbocycles. The molecule has 2 amide bonds. The lowest BCUT2D eigenvalue weighted by Crippen LogP contribution is -2.36. The van der Waals surface area contributed by atoms with Gasteiger partial charge in [-0.05, 0) is 49.9 Å². The third-order valence-electron chi connectivity index (χ3n) is 5.86. The highest BCUT2D eigenvalue weighted by molar-refractivity contribution is 6.34.